The molecule has 0 saturated carbocycles. The minimum Gasteiger partial charge on any atom is -0.469 e. The molecule has 0 aliphatic carbocycles. The SMILES string of the molecule is COC(=O)CC(C)S(=O)(=O)CC(=O)NCC(F)(F)F. The Labute approximate surface area is 108 Å². The van der Waals surface area contributed by atoms with E-state index in [1.165, 1.54) is 12.2 Å². The van der Waals surface area contributed by atoms with Crippen LogP contribution in [0.4, 0.5) is 13.2 Å². The van der Waals surface area contributed by atoms with E-state index in [1.807, 2.05) is 0 Å². The monoisotopic (exact) mass is 305 g/mol. The highest BCUT2D eigenvalue weighted by Crippen LogP contribution is 2.12. The summed E-state index contributed by atoms with van der Waals surface area (Å²) in [5.74, 6) is -3.16. The third kappa shape index (κ3) is 7.65. The van der Waals surface area contributed by atoms with E-state index in [0.717, 1.165) is 7.11 Å². The van der Waals surface area contributed by atoms with E-state index in [9.17, 15) is 31.2 Å². The zero-order valence-corrected chi connectivity index (χ0v) is 11.1. The summed E-state index contributed by atoms with van der Waals surface area (Å²) in [6, 6.07) is 0. The maximum atomic E-state index is 11.8. The molecule has 19 heavy (non-hydrogen) atoms. The normalized spacial score (nSPS) is 13.7. The molecule has 1 atom stereocenters. The van der Waals surface area contributed by atoms with Crippen LogP contribution in [0.25, 0.3) is 0 Å². The zero-order valence-electron chi connectivity index (χ0n) is 10.3. The van der Waals surface area contributed by atoms with Crippen molar-refractivity contribution in [3.8, 4) is 0 Å². The van der Waals surface area contributed by atoms with Crippen LogP contribution >= 0.6 is 0 Å². The highest BCUT2D eigenvalue weighted by atomic mass is 32.2. The molecule has 10 heteroatoms. The fourth-order valence-electron chi connectivity index (χ4n) is 1.02. The molecule has 0 aromatic carbocycles. The van der Waals surface area contributed by atoms with Gasteiger partial charge in [0, 0.05) is 0 Å². The first-order valence-electron chi connectivity index (χ1n) is 5.10. The lowest BCUT2D eigenvalue weighted by Crippen LogP contribution is -2.39. The first-order valence-corrected chi connectivity index (χ1v) is 6.81. The highest BCUT2D eigenvalue weighted by molar-refractivity contribution is 7.92. The van der Waals surface area contributed by atoms with Crippen LogP contribution in [-0.4, -0.2) is 51.1 Å². The van der Waals surface area contributed by atoms with Crippen molar-refractivity contribution < 1.29 is 35.9 Å². The Kier molecular flexibility index (Phi) is 6.27. The second-order valence-electron chi connectivity index (χ2n) is 3.79. The topological polar surface area (TPSA) is 89.5 Å². The third-order valence-electron chi connectivity index (χ3n) is 2.11. The minimum atomic E-state index is -4.61. The summed E-state index contributed by atoms with van der Waals surface area (Å²) in [4.78, 5) is 21.9. The van der Waals surface area contributed by atoms with E-state index in [0.29, 0.717) is 0 Å². The first kappa shape index (κ1) is 17.7. The molecule has 0 aromatic heterocycles. The van der Waals surface area contributed by atoms with Gasteiger partial charge in [-0.05, 0) is 6.92 Å². The van der Waals surface area contributed by atoms with Crippen molar-refractivity contribution in [3.05, 3.63) is 0 Å². The summed E-state index contributed by atoms with van der Waals surface area (Å²) in [5, 5.41) is 0.230. The van der Waals surface area contributed by atoms with Crippen LogP contribution < -0.4 is 5.32 Å². The molecule has 0 saturated heterocycles. The molecule has 1 amide bonds. The van der Waals surface area contributed by atoms with Crippen molar-refractivity contribution in [1.29, 1.82) is 0 Å². The van der Waals surface area contributed by atoms with Gasteiger partial charge < -0.3 is 10.1 Å². The molecule has 1 N–H and O–H groups in total. The molecule has 0 fully saturated rings. The van der Waals surface area contributed by atoms with Gasteiger partial charge in [0.2, 0.25) is 5.91 Å². The molecule has 112 valence electrons. The summed E-state index contributed by atoms with van der Waals surface area (Å²) < 4.78 is 62.8. The number of amides is 1. The van der Waals surface area contributed by atoms with Crippen LogP contribution in [0.1, 0.15) is 13.3 Å². The number of methoxy groups -OCH3 is 1. The van der Waals surface area contributed by atoms with Gasteiger partial charge >= 0.3 is 12.1 Å². The van der Waals surface area contributed by atoms with E-state index < -0.39 is 51.9 Å². The van der Waals surface area contributed by atoms with Gasteiger partial charge in [0.1, 0.15) is 12.3 Å². The van der Waals surface area contributed by atoms with Gasteiger partial charge in [0.25, 0.3) is 0 Å². The average molecular weight is 305 g/mol. The molecular formula is C9H14F3NO5S. The quantitative estimate of drug-likeness (QED) is 0.699. The number of ether oxygens (including phenoxy) is 1. The Hall–Kier alpha value is -1.32. The van der Waals surface area contributed by atoms with Gasteiger partial charge in [-0.1, -0.05) is 0 Å². The zero-order chi connectivity index (χ0) is 15.3. The predicted molar refractivity (Wildman–Crippen MR) is 58.9 cm³/mol. The van der Waals surface area contributed by atoms with Crippen LogP contribution in [0.5, 0.6) is 0 Å². The van der Waals surface area contributed by atoms with Crippen LogP contribution in [0, 0.1) is 0 Å². The number of esters is 1. The van der Waals surface area contributed by atoms with Gasteiger partial charge in [0.15, 0.2) is 9.84 Å². The molecule has 0 aromatic rings. The Morgan fingerprint density at radius 2 is 1.84 bits per heavy atom. The lowest BCUT2D eigenvalue weighted by Gasteiger charge is -2.12. The standard InChI is InChI=1S/C9H14F3NO5S/c1-6(3-8(15)18-2)19(16,17)4-7(14)13-5-9(10,11)12/h6H,3-5H2,1-2H3,(H,13,14). The fourth-order valence-corrected chi connectivity index (χ4v) is 2.16. The number of alkyl halides is 3. The van der Waals surface area contributed by atoms with Crippen molar-refractivity contribution in [2.45, 2.75) is 24.8 Å². The molecule has 0 radical (unpaired) electrons. The Morgan fingerprint density at radius 1 is 1.32 bits per heavy atom. The number of sulfone groups is 1. The number of nitrogens with one attached hydrogen (secondary N) is 1. The van der Waals surface area contributed by atoms with E-state index in [4.69, 9.17) is 0 Å². The van der Waals surface area contributed by atoms with E-state index in [-0.39, 0.29) is 0 Å². The largest absolute Gasteiger partial charge is 0.469 e. The van der Waals surface area contributed by atoms with Gasteiger partial charge in [0.05, 0.1) is 18.8 Å². The third-order valence-corrected chi connectivity index (χ3v) is 4.17. The molecule has 0 aliphatic rings. The van der Waals surface area contributed by atoms with E-state index in [2.05, 4.69) is 4.74 Å². The minimum absolute atomic E-state index is 0.467. The Morgan fingerprint density at radius 3 is 2.26 bits per heavy atom. The van der Waals surface area contributed by atoms with Crippen molar-refractivity contribution in [2.75, 3.05) is 19.4 Å². The first-order chi connectivity index (χ1) is 8.48. The maximum absolute atomic E-state index is 11.8. The number of halogens is 3. The molecule has 0 bridgehead atoms. The van der Waals surface area contributed by atoms with Gasteiger partial charge in [-0.2, -0.15) is 13.2 Å². The summed E-state index contributed by atoms with van der Waals surface area (Å²) in [6.45, 7) is -0.434. The Bertz CT molecular complexity index is 432. The van der Waals surface area contributed by atoms with Crippen molar-refractivity contribution >= 4 is 21.7 Å². The summed E-state index contributed by atoms with van der Waals surface area (Å²) in [6.07, 6.45) is -5.08. The lowest BCUT2D eigenvalue weighted by atomic mass is 10.3. The second kappa shape index (κ2) is 6.73. The van der Waals surface area contributed by atoms with Crippen molar-refractivity contribution in [3.63, 3.8) is 0 Å². The Balaban J connectivity index is 4.44. The average Bonchev–Trinajstić information content (AvgIpc) is 2.24. The number of rotatable bonds is 6. The number of hydrogen-bond acceptors (Lipinski definition) is 5. The van der Waals surface area contributed by atoms with Gasteiger partial charge in [-0.15, -0.1) is 0 Å². The molecule has 0 spiro atoms. The lowest BCUT2D eigenvalue weighted by molar-refractivity contribution is -0.140. The fraction of sp³-hybridized carbons (Fsp3) is 0.778. The molecule has 6 nitrogen and oxygen atoms in total. The highest BCUT2D eigenvalue weighted by Gasteiger charge is 2.30. The van der Waals surface area contributed by atoms with Crippen LogP contribution in [0.3, 0.4) is 0 Å². The van der Waals surface area contributed by atoms with Gasteiger partial charge in [-0.25, -0.2) is 8.42 Å². The molecule has 0 rings (SSSR count). The van der Waals surface area contributed by atoms with Crippen LogP contribution in [-0.2, 0) is 24.2 Å². The summed E-state index contributed by atoms with van der Waals surface area (Å²) in [5.41, 5.74) is 0. The van der Waals surface area contributed by atoms with Gasteiger partial charge in [-0.3, -0.25) is 9.59 Å². The predicted octanol–water partition coefficient (Wildman–Crippen LogP) is 0.0313. The number of carbonyl (C=O) groups is 2. The smallest absolute Gasteiger partial charge is 0.405 e. The molecular weight excluding hydrogens is 291 g/mol. The number of hydrogen-bond donors (Lipinski definition) is 1. The molecule has 1 unspecified atom stereocenters. The van der Waals surface area contributed by atoms with Crippen molar-refractivity contribution in [2.24, 2.45) is 0 Å². The molecule has 0 heterocycles. The second-order valence-corrected chi connectivity index (χ2v) is 6.21. The summed E-state index contributed by atoms with van der Waals surface area (Å²) in [7, 11) is -2.95. The van der Waals surface area contributed by atoms with Crippen LogP contribution in [0.2, 0.25) is 0 Å². The van der Waals surface area contributed by atoms with Crippen LogP contribution in [0.15, 0.2) is 0 Å². The maximum Gasteiger partial charge on any atom is 0.405 e. The van der Waals surface area contributed by atoms with Crippen molar-refractivity contribution in [1.82, 2.24) is 5.32 Å². The molecule has 0 aliphatic heterocycles. The van der Waals surface area contributed by atoms with E-state index >= 15 is 0 Å². The summed E-state index contributed by atoms with van der Waals surface area (Å²) >= 11 is 0. The van der Waals surface area contributed by atoms with E-state index in [1.54, 1.807) is 0 Å². The number of carbonyl (C=O) groups excluding carboxylic acids is 2.